The minimum atomic E-state index is -3.58. The monoisotopic (exact) mass is 305 g/mol. The fraction of sp³-hybridized carbons (Fsp3) is 0.385. The summed E-state index contributed by atoms with van der Waals surface area (Å²) in [7, 11) is -3.58. The van der Waals surface area contributed by atoms with E-state index in [-0.39, 0.29) is 17.7 Å². The van der Waals surface area contributed by atoms with Crippen molar-refractivity contribution in [3.8, 4) is 0 Å². The Labute approximate surface area is 117 Å². The van der Waals surface area contributed by atoms with E-state index < -0.39 is 33.8 Å². The quantitative estimate of drug-likeness (QED) is 0.753. The van der Waals surface area contributed by atoms with E-state index in [1.807, 2.05) is 0 Å². The van der Waals surface area contributed by atoms with Crippen LogP contribution in [0, 0.1) is 11.6 Å². The highest BCUT2D eigenvalue weighted by molar-refractivity contribution is 7.89. The summed E-state index contributed by atoms with van der Waals surface area (Å²) in [6.45, 7) is 4.25. The molecule has 7 heteroatoms. The minimum absolute atomic E-state index is 0.168. The van der Waals surface area contributed by atoms with Crippen molar-refractivity contribution < 1.29 is 22.3 Å². The molecule has 0 aromatic heterocycles. The van der Waals surface area contributed by atoms with E-state index in [0.717, 1.165) is 12.1 Å². The summed E-state index contributed by atoms with van der Waals surface area (Å²) in [5.41, 5.74) is -1.95. The smallest absolute Gasteiger partial charge is 0.212 e. The molecule has 1 aromatic rings. The molecule has 0 aliphatic heterocycles. The number of hydrogen-bond acceptors (Lipinski definition) is 3. The fourth-order valence-electron chi connectivity index (χ4n) is 1.58. The second-order valence-corrected chi connectivity index (χ2v) is 6.54. The highest BCUT2D eigenvalue weighted by Crippen LogP contribution is 2.23. The van der Waals surface area contributed by atoms with Crippen LogP contribution in [0.15, 0.2) is 30.9 Å². The van der Waals surface area contributed by atoms with Gasteiger partial charge in [0.2, 0.25) is 10.0 Å². The summed E-state index contributed by atoms with van der Waals surface area (Å²) >= 11 is 0. The summed E-state index contributed by atoms with van der Waals surface area (Å²) in [5.74, 6) is -1.87. The van der Waals surface area contributed by atoms with Crippen molar-refractivity contribution in [3.05, 3.63) is 48.1 Å². The van der Waals surface area contributed by atoms with Crippen LogP contribution >= 0.6 is 0 Å². The third-order valence-electron chi connectivity index (χ3n) is 2.74. The first-order valence-electron chi connectivity index (χ1n) is 5.94. The van der Waals surface area contributed by atoms with Gasteiger partial charge in [0.1, 0.15) is 17.2 Å². The van der Waals surface area contributed by atoms with Crippen LogP contribution in [0.1, 0.15) is 18.9 Å². The molecule has 2 N–H and O–H groups in total. The summed E-state index contributed by atoms with van der Waals surface area (Å²) in [5, 5.41) is 10.1. The molecule has 0 saturated heterocycles. The fourth-order valence-corrected chi connectivity index (χ4v) is 2.70. The number of rotatable bonds is 7. The van der Waals surface area contributed by atoms with Gasteiger partial charge in [0.15, 0.2) is 0 Å². The number of sulfonamides is 1. The van der Waals surface area contributed by atoms with Crippen LogP contribution in [0.4, 0.5) is 8.78 Å². The van der Waals surface area contributed by atoms with E-state index in [1.165, 1.54) is 13.0 Å². The lowest BCUT2D eigenvalue weighted by Gasteiger charge is -2.24. The Bertz CT molecular complexity index is 585. The first kappa shape index (κ1) is 16.7. The number of allylic oxidation sites excluding steroid dienone is 1. The molecule has 0 amide bonds. The molecule has 112 valence electrons. The van der Waals surface area contributed by atoms with Crippen molar-refractivity contribution >= 4 is 10.0 Å². The molecular formula is C13H17F2NO3S. The van der Waals surface area contributed by atoms with Crippen LogP contribution in [0.25, 0.3) is 0 Å². The zero-order valence-corrected chi connectivity index (χ0v) is 11.9. The number of halogens is 2. The van der Waals surface area contributed by atoms with Gasteiger partial charge in [0.05, 0.1) is 5.75 Å². The Balaban J connectivity index is 2.82. The lowest BCUT2D eigenvalue weighted by Crippen LogP contribution is -2.40. The topological polar surface area (TPSA) is 66.4 Å². The van der Waals surface area contributed by atoms with E-state index >= 15 is 0 Å². The molecule has 0 radical (unpaired) electrons. The van der Waals surface area contributed by atoms with E-state index in [0.29, 0.717) is 6.07 Å². The van der Waals surface area contributed by atoms with Crippen molar-refractivity contribution in [3.63, 3.8) is 0 Å². The molecule has 0 heterocycles. The molecule has 4 nitrogen and oxygen atoms in total. The molecule has 1 aromatic carbocycles. The SMILES string of the molecule is C=CCCS(=O)(=O)NC[C@](C)(O)c1ccc(F)cc1F. The van der Waals surface area contributed by atoms with E-state index in [1.54, 1.807) is 0 Å². The lowest BCUT2D eigenvalue weighted by molar-refractivity contribution is 0.0588. The van der Waals surface area contributed by atoms with Gasteiger partial charge in [-0.2, -0.15) is 0 Å². The second-order valence-electron chi connectivity index (χ2n) is 4.62. The van der Waals surface area contributed by atoms with Crippen LogP contribution < -0.4 is 4.72 Å². The van der Waals surface area contributed by atoms with Crippen LogP contribution in [-0.2, 0) is 15.6 Å². The molecule has 1 atom stereocenters. The molecule has 0 saturated carbocycles. The minimum Gasteiger partial charge on any atom is -0.384 e. The number of hydrogen-bond donors (Lipinski definition) is 2. The average molecular weight is 305 g/mol. The van der Waals surface area contributed by atoms with Crippen molar-refractivity contribution in [2.45, 2.75) is 18.9 Å². The summed E-state index contributed by atoms with van der Waals surface area (Å²) in [6, 6.07) is 2.72. The van der Waals surface area contributed by atoms with Gasteiger partial charge in [-0.1, -0.05) is 12.1 Å². The zero-order valence-electron chi connectivity index (χ0n) is 11.1. The Kier molecular flexibility index (Phi) is 5.38. The zero-order chi connectivity index (χ0) is 15.4. The van der Waals surface area contributed by atoms with Gasteiger partial charge in [-0.15, -0.1) is 6.58 Å². The van der Waals surface area contributed by atoms with Gasteiger partial charge in [-0.25, -0.2) is 21.9 Å². The number of benzene rings is 1. The Morgan fingerprint density at radius 2 is 2.10 bits per heavy atom. The van der Waals surface area contributed by atoms with Crippen LogP contribution in [-0.4, -0.2) is 25.8 Å². The van der Waals surface area contributed by atoms with E-state index in [2.05, 4.69) is 11.3 Å². The first-order valence-corrected chi connectivity index (χ1v) is 7.59. The van der Waals surface area contributed by atoms with Crippen molar-refractivity contribution in [2.75, 3.05) is 12.3 Å². The van der Waals surface area contributed by atoms with Crippen molar-refractivity contribution in [2.24, 2.45) is 0 Å². The van der Waals surface area contributed by atoms with Crippen molar-refractivity contribution in [1.82, 2.24) is 4.72 Å². The normalized spacial score (nSPS) is 14.8. The molecule has 0 spiro atoms. The largest absolute Gasteiger partial charge is 0.384 e. The van der Waals surface area contributed by atoms with Gasteiger partial charge in [-0.3, -0.25) is 0 Å². The molecular weight excluding hydrogens is 288 g/mol. The maximum absolute atomic E-state index is 13.6. The molecule has 0 fully saturated rings. The van der Waals surface area contributed by atoms with E-state index in [4.69, 9.17) is 0 Å². The predicted octanol–water partition coefficient (Wildman–Crippen LogP) is 1.67. The molecule has 0 aliphatic carbocycles. The van der Waals surface area contributed by atoms with Gasteiger partial charge >= 0.3 is 0 Å². The molecule has 0 unspecified atom stereocenters. The average Bonchev–Trinajstić information content (AvgIpc) is 2.34. The lowest BCUT2D eigenvalue weighted by atomic mass is 9.96. The van der Waals surface area contributed by atoms with Crippen LogP contribution in [0.5, 0.6) is 0 Å². The maximum atomic E-state index is 13.6. The Morgan fingerprint density at radius 3 is 2.65 bits per heavy atom. The summed E-state index contributed by atoms with van der Waals surface area (Å²) < 4.78 is 51.7. The number of aliphatic hydroxyl groups is 1. The summed E-state index contributed by atoms with van der Waals surface area (Å²) in [4.78, 5) is 0. The number of nitrogens with one attached hydrogen (secondary N) is 1. The highest BCUT2D eigenvalue weighted by Gasteiger charge is 2.28. The highest BCUT2D eigenvalue weighted by atomic mass is 32.2. The van der Waals surface area contributed by atoms with Crippen molar-refractivity contribution in [1.29, 1.82) is 0 Å². The maximum Gasteiger partial charge on any atom is 0.212 e. The molecule has 0 aliphatic rings. The molecule has 0 bridgehead atoms. The summed E-state index contributed by atoms with van der Waals surface area (Å²) in [6.07, 6.45) is 1.72. The van der Waals surface area contributed by atoms with Crippen LogP contribution in [0.3, 0.4) is 0 Å². The van der Waals surface area contributed by atoms with Gasteiger partial charge in [0.25, 0.3) is 0 Å². The van der Waals surface area contributed by atoms with Gasteiger partial charge in [-0.05, 0) is 19.4 Å². The van der Waals surface area contributed by atoms with E-state index in [9.17, 15) is 22.3 Å². The van der Waals surface area contributed by atoms with Gasteiger partial charge < -0.3 is 5.11 Å². The Morgan fingerprint density at radius 1 is 1.45 bits per heavy atom. The van der Waals surface area contributed by atoms with Gasteiger partial charge in [0, 0.05) is 18.2 Å². The Hall–Kier alpha value is -1.31. The second kappa shape index (κ2) is 6.43. The van der Waals surface area contributed by atoms with Crippen LogP contribution in [0.2, 0.25) is 0 Å². The first-order chi connectivity index (χ1) is 9.18. The molecule has 20 heavy (non-hydrogen) atoms. The standard InChI is InChI=1S/C13H17F2NO3S/c1-3-4-7-20(18,19)16-9-13(2,17)11-6-5-10(14)8-12(11)15/h3,5-6,8,16-17H,1,4,7,9H2,2H3/t13-/m0/s1. The predicted molar refractivity (Wildman–Crippen MR) is 72.5 cm³/mol. The molecule has 1 rings (SSSR count). The third kappa shape index (κ3) is 4.66. The third-order valence-corrected chi connectivity index (χ3v) is 4.10.